The fourth-order valence-corrected chi connectivity index (χ4v) is 0.998. The first-order chi connectivity index (χ1) is 7.20. The Balaban J connectivity index is -0.0000000793. The van der Waals surface area contributed by atoms with Gasteiger partial charge in [0.2, 0.25) is 0 Å². The minimum Gasteiger partial charge on any atom is -0.358 e. The van der Waals surface area contributed by atoms with Crippen LogP contribution in [0.4, 0.5) is 0 Å². The molecule has 2 aliphatic rings. The monoisotopic (exact) mass is 358 g/mol. The summed E-state index contributed by atoms with van der Waals surface area (Å²) in [4.78, 5) is 0. The summed E-state index contributed by atoms with van der Waals surface area (Å²) >= 11 is 0. The van der Waals surface area contributed by atoms with Gasteiger partial charge in [0.25, 0.3) is 0 Å². The quantitative estimate of drug-likeness (QED) is 0.431. The molecule has 3 heteroatoms. The molecular weight excluding hydrogens is 335 g/mol. The summed E-state index contributed by atoms with van der Waals surface area (Å²) in [6.07, 6.45) is 16.5. The van der Waals surface area contributed by atoms with Gasteiger partial charge in [-0.1, -0.05) is 13.1 Å². The third-order valence-electron chi connectivity index (χ3n) is 1.74. The van der Waals surface area contributed by atoms with Gasteiger partial charge in [-0.15, -0.1) is 39.1 Å². The molecule has 0 aliphatic heterocycles. The summed E-state index contributed by atoms with van der Waals surface area (Å²) in [5.74, 6) is 0. The average molecular weight is 360 g/mol. The van der Waals surface area contributed by atoms with Crippen LogP contribution in [-0.2, 0) is 26.2 Å². The van der Waals surface area contributed by atoms with Crippen LogP contribution in [0.5, 0.6) is 0 Å². The molecule has 0 amide bonds. The van der Waals surface area contributed by atoms with Crippen LogP contribution in [0.3, 0.4) is 0 Å². The van der Waals surface area contributed by atoms with E-state index in [0.29, 0.717) is 0 Å². The molecule has 0 heterocycles. The normalized spacial score (nSPS) is 13.3. The van der Waals surface area contributed by atoms with Gasteiger partial charge in [-0.3, -0.25) is 12.2 Å². The predicted octanol–water partition coefficient (Wildman–Crippen LogP) is 4.78. The molecule has 2 radical (unpaired) electrons. The second-order valence-corrected chi connectivity index (χ2v) is 4.73. The SMILES string of the molecule is CC1=CC[C-]=C1.CC1=CC[C-]=C1.C[SiH]C.Cl.[CH3-].[Zr+3]. The van der Waals surface area contributed by atoms with Crippen molar-refractivity contribution in [1.82, 2.24) is 0 Å². The van der Waals surface area contributed by atoms with Crippen LogP contribution in [-0.4, -0.2) is 9.52 Å². The van der Waals surface area contributed by atoms with Crippen molar-refractivity contribution in [2.75, 3.05) is 0 Å². The van der Waals surface area contributed by atoms with E-state index in [4.69, 9.17) is 0 Å². The van der Waals surface area contributed by atoms with Crippen LogP contribution in [0.25, 0.3) is 0 Å². The Morgan fingerprint density at radius 2 is 1.22 bits per heavy atom. The van der Waals surface area contributed by atoms with Crippen molar-refractivity contribution in [3.8, 4) is 0 Å². The van der Waals surface area contributed by atoms with Crippen molar-refractivity contribution in [3.05, 3.63) is 55.0 Å². The summed E-state index contributed by atoms with van der Waals surface area (Å²) in [5, 5.41) is 0. The standard InChI is InChI=1S/2C6H7.C2H7Si.CH3.ClH.Zr/c2*1-6-4-2-3-5-6;1-3-2;;;/h2*4-5H,2H2,1H3;3H,1-2H3;1H3;1H;/q2*-1;;-1;;+3. The first kappa shape index (κ1) is 26.8. The van der Waals surface area contributed by atoms with Crippen molar-refractivity contribution in [2.24, 2.45) is 0 Å². The molecule has 0 saturated heterocycles. The molecule has 0 bridgehead atoms. The predicted molar refractivity (Wildman–Crippen MR) is 84.9 cm³/mol. The molecule has 0 aromatic rings. The van der Waals surface area contributed by atoms with Gasteiger partial charge >= 0.3 is 26.2 Å². The van der Waals surface area contributed by atoms with Crippen molar-refractivity contribution in [3.63, 3.8) is 0 Å². The van der Waals surface area contributed by atoms with Crippen LogP contribution in [0, 0.1) is 19.6 Å². The second kappa shape index (κ2) is 19.7. The van der Waals surface area contributed by atoms with Gasteiger partial charge in [0.15, 0.2) is 0 Å². The van der Waals surface area contributed by atoms with E-state index in [1.54, 1.807) is 0 Å². The van der Waals surface area contributed by atoms with E-state index in [9.17, 15) is 0 Å². The Bertz CT molecular complexity index is 245. The van der Waals surface area contributed by atoms with E-state index in [1.165, 1.54) is 11.1 Å². The summed E-state index contributed by atoms with van der Waals surface area (Å²) in [6, 6.07) is 0. The minimum atomic E-state index is 0. The van der Waals surface area contributed by atoms with Crippen LogP contribution in [0.1, 0.15) is 26.7 Å². The minimum absolute atomic E-state index is 0. The van der Waals surface area contributed by atoms with Gasteiger partial charge < -0.3 is 7.43 Å². The Labute approximate surface area is 142 Å². The van der Waals surface area contributed by atoms with Gasteiger partial charge in [-0.2, -0.15) is 12.2 Å². The number of allylic oxidation sites excluding steroid dienone is 8. The third-order valence-corrected chi connectivity index (χ3v) is 1.74. The summed E-state index contributed by atoms with van der Waals surface area (Å²) < 4.78 is 0. The van der Waals surface area contributed by atoms with E-state index in [2.05, 4.69) is 51.2 Å². The molecule has 0 atom stereocenters. The average Bonchev–Trinajstić information content (AvgIpc) is 2.81. The van der Waals surface area contributed by atoms with Crippen LogP contribution < -0.4 is 0 Å². The van der Waals surface area contributed by atoms with Gasteiger partial charge in [0.05, 0.1) is 0 Å². The van der Waals surface area contributed by atoms with Gasteiger partial charge in [-0.25, -0.2) is 23.3 Å². The van der Waals surface area contributed by atoms with Crippen LogP contribution >= 0.6 is 12.4 Å². The molecule has 0 fully saturated rings. The maximum absolute atomic E-state index is 3.05. The fraction of sp³-hybridized carbons (Fsp3) is 0.400. The molecule has 2 aliphatic carbocycles. The van der Waals surface area contributed by atoms with E-state index in [1.807, 2.05) is 12.2 Å². The van der Waals surface area contributed by atoms with E-state index < -0.39 is 0 Å². The molecule has 100 valence electrons. The Morgan fingerprint density at radius 3 is 1.28 bits per heavy atom. The van der Waals surface area contributed by atoms with Crippen molar-refractivity contribution < 1.29 is 26.2 Å². The molecule has 0 spiro atoms. The number of halogens is 1. The van der Waals surface area contributed by atoms with E-state index in [-0.39, 0.29) is 46.0 Å². The first-order valence-electron chi connectivity index (χ1n) is 5.41. The molecule has 0 aromatic carbocycles. The number of hydrogen-bond acceptors (Lipinski definition) is 0. The molecule has 0 saturated carbocycles. The summed E-state index contributed by atoms with van der Waals surface area (Å²) in [5.41, 5.74) is 2.69. The molecule has 0 N–H and O–H groups in total. The molecule has 0 unspecified atom stereocenters. The molecular formula is C15H25ClSiZr. The van der Waals surface area contributed by atoms with Crippen molar-refractivity contribution in [2.45, 2.75) is 39.8 Å². The zero-order valence-electron chi connectivity index (χ0n) is 12.2. The van der Waals surface area contributed by atoms with E-state index in [0.717, 1.165) is 22.4 Å². The fourth-order valence-electron chi connectivity index (χ4n) is 0.998. The second-order valence-electron chi connectivity index (χ2n) is 3.58. The Hall–Kier alpha value is 0.350. The first-order valence-corrected chi connectivity index (χ1v) is 7.72. The smallest absolute Gasteiger partial charge is 0.358 e. The third kappa shape index (κ3) is 18.7. The van der Waals surface area contributed by atoms with Gasteiger partial charge in [0, 0.05) is 9.52 Å². The topological polar surface area (TPSA) is 0 Å². The van der Waals surface area contributed by atoms with Crippen LogP contribution in [0.2, 0.25) is 13.1 Å². The van der Waals surface area contributed by atoms with Crippen molar-refractivity contribution in [1.29, 1.82) is 0 Å². The maximum atomic E-state index is 3.05. The zero-order valence-corrected chi connectivity index (χ0v) is 16.6. The molecule has 2 rings (SSSR count). The number of rotatable bonds is 0. The Morgan fingerprint density at radius 1 is 0.944 bits per heavy atom. The van der Waals surface area contributed by atoms with Crippen LogP contribution in [0.15, 0.2) is 35.5 Å². The summed E-state index contributed by atoms with van der Waals surface area (Å²) in [6.45, 7) is 8.58. The maximum Gasteiger partial charge on any atom is 3.00 e. The van der Waals surface area contributed by atoms with Gasteiger partial charge in [-0.05, 0) is 0 Å². The van der Waals surface area contributed by atoms with Crippen molar-refractivity contribution >= 4 is 21.9 Å². The molecule has 0 aromatic heterocycles. The number of hydrogen-bond donors (Lipinski definition) is 0. The van der Waals surface area contributed by atoms with E-state index >= 15 is 0 Å². The molecule has 18 heavy (non-hydrogen) atoms. The summed E-state index contributed by atoms with van der Waals surface area (Å²) in [7, 11) is 0.750. The van der Waals surface area contributed by atoms with Gasteiger partial charge in [0.1, 0.15) is 0 Å². The molecule has 0 nitrogen and oxygen atoms in total. The largest absolute Gasteiger partial charge is 3.00 e. The zero-order chi connectivity index (χ0) is 11.5. The Kier molecular flexibility index (Phi) is 29.3.